The van der Waals surface area contributed by atoms with Gasteiger partial charge in [0.15, 0.2) is 0 Å². The molecular weight excluding hydrogens is 937 g/mol. The normalized spacial score (nSPS) is 11.9. The van der Waals surface area contributed by atoms with Crippen molar-refractivity contribution in [2.75, 3.05) is 21.3 Å². The van der Waals surface area contributed by atoms with Crippen LogP contribution in [0.2, 0.25) is 0 Å². The summed E-state index contributed by atoms with van der Waals surface area (Å²) >= 11 is 0. The third-order valence-corrected chi connectivity index (χ3v) is 16.2. The molecule has 9 rings (SSSR count). The molecule has 0 aliphatic carbocycles. The molecule has 12 heteroatoms. The van der Waals surface area contributed by atoms with Crippen molar-refractivity contribution < 1.29 is 37.8 Å². The third-order valence-electron chi connectivity index (χ3n) is 12.4. The summed E-state index contributed by atoms with van der Waals surface area (Å²) in [7, 11) is -8.42. The second kappa shape index (κ2) is 19.6. The number of benzene rings is 9. The van der Waals surface area contributed by atoms with Crippen molar-refractivity contribution in [1.82, 2.24) is 0 Å². The fourth-order valence-electron chi connectivity index (χ4n) is 8.81. The van der Waals surface area contributed by atoms with E-state index in [9.17, 15) is 25.3 Å². The summed E-state index contributed by atoms with van der Waals surface area (Å²) in [6.07, 6.45) is 0. The molecule has 0 saturated carbocycles. The molecule has 0 unspecified atom stereocenters. The first-order valence-corrected chi connectivity index (χ1v) is 26.3. The zero-order valence-corrected chi connectivity index (χ0v) is 41.0. The lowest BCUT2D eigenvalue weighted by Crippen LogP contribution is -2.02. The van der Waals surface area contributed by atoms with Crippen molar-refractivity contribution >= 4 is 30.4 Å². The monoisotopic (exact) mass is 982 g/mol. The van der Waals surface area contributed by atoms with Crippen molar-refractivity contribution in [3.05, 3.63) is 212 Å². The molecule has 0 radical (unpaired) electrons. The molecule has 0 aliphatic heterocycles. The van der Waals surface area contributed by atoms with E-state index in [4.69, 9.17) is 12.5 Å². The highest BCUT2D eigenvalue weighted by Crippen LogP contribution is 2.49. The zero-order valence-electron chi connectivity index (χ0n) is 38.5. The Morgan fingerprint density at radius 3 is 0.714 bits per heavy atom. The maximum absolute atomic E-state index is 12.7. The van der Waals surface area contributed by atoms with E-state index in [-0.39, 0.29) is 14.7 Å². The van der Waals surface area contributed by atoms with Gasteiger partial charge in [-0.15, -0.1) is 0 Å². The first-order chi connectivity index (χ1) is 33.7. The van der Waals surface area contributed by atoms with Gasteiger partial charge in [0.2, 0.25) is 0 Å². The SMILES string of the molecule is COS(=O)(=O)c1ccc(-c2ccc(-c3ccc(C)cc3)c(-c3ccc(-c4c(-c5ccc(S(=O)(=O)OC)cc5)ccc(-c5ccc(S(=O)(=O)OC)cc5)c4-c4ccccc4)cc3)c2-c2ccccc2)cc1. The lowest BCUT2D eigenvalue weighted by atomic mass is 9.81. The molecule has 350 valence electrons. The lowest BCUT2D eigenvalue weighted by Gasteiger charge is -2.23. The molecule has 0 aromatic heterocycles. The molecule has 0 atom stereocenters. The van der Waals surface area contributed by atoms with Gasteiger partial charge in [-0.1, -0.05) is 175 Å². The topological polar surface area (TPSA) is 130 Å². The van der Waals surface area contributed by atoms with Crippen LogP contribution in [0, 0.1) is 6.92 Å². The van der Waals surface area contributed by atoms with Crippen molar-refractivity contribution in [3.63, 3.8) is 0 Å². The summed E-state index contributed by atoms with van der Waals surface area (Å²) < 4.78 is 90.6. The lowest BCUT2D eigenvalue weighted by molar-refractivity contribution is 0.396. The Morgan fingerprint density at radius 2 is 0.471 bits per heavy atom. The first-order valence-electron chi connectivity index (χ1n) is 22.1. The largest absolute Gasteiger partial charge is 0.296 e. The summed E-state index contributed by atoms with van der Waals surface area (Å²) in [4.78, 5) is 0.100. The van der Waals surface area contributed by atoms with Crippen LogP contribution in [0.25, 0.3) is 89.0 Å². The summed E-state index contributed by atoms with van der Waals surface area (Å²) in [5.41, 5.74) is 15.3. The van der Waals surface area contributed by atoms with Gasteiger partial charge in [-0.25, -0.2) is 0 Å². The van der Waals surface area contributed by atoms with Gasteiger partial charge in [0.25, 0.3) is 30.4 Å². The molecule has 9 aromatic rings. The van der Waals surface area contributed by atoms with E-state index >= 15 is 0 Å². The highest BCUT2D eigenvalue weighted by atomic mass is 32.2. The van der Waals surface area contributed by atoms with Crippen LogP contribution in [0.15, 0.2) is 221 Å². The van der Waals surface area contributed by atoms with Gasteiger partial charge in [0.05, 0.1) is 36.0 Å². The standard InChI is InChI=1S/C58H46O9S3/c1-39-15-17-40(18-16-39)51-35-36-52(41-23-29-48(30-24-41)68(59,60)65-2)55(44-11-7-5-8-12-44)57(51)46-19-21-47(22-20-46)58-54(43-27-33-50(34-28-43)70(63,64)67-4)38-37-53(56(58)45-13-9-6-10-14-45)42-25-31-49(32-26-42)69(61,62)66-3/h5-38H,1-4H3. The maximum Gasteiger partial charge on any atom is 0.296 e. The maximum atomic E-state index is 12.7. The Balaban J connectivity index is 1.31. The van der Waals surface area contributed by atoms with Gasteiger partial charge >= 0.3 is 0 Å². The van der Waals surface area contributed by atoms with Crippen molar-refractivity contribution in [2.24, 2.45) is 0 Å². The predicted molar refractivity (Wildman–Crippen MR) is 277 cm³/mol. The first kappa shape index (κ1) is 47.8. The van der Waals surface area contributed by atoms with Gasteiger partial charge in [-0.05, 0) is 132 Å². The summed E-state index contributed by atoms with van der Waals surface area (Å²) in [6.45, 7) is 2.05. The van der Waals surface area contributed by atoms with Crippen LogP contribution in [0.4, 0.5) is 0 Å². The van der Waals surface area contributed by atoms with Crippen LogP contribution in [0.1, 0.15) is 5.56 Å². The fraction of sp³-hybridized carbons (Fsp3) is 0.0690. The second-order valence-corrected chi connectivity index (χ2v) is 21.6. The molecule has 0 aliphatic rings. The Labute approximate surface area is 409 Å². The summed E-state index contributed by atoms with van der Waals surface area (Å²) in [5, 5.41) is 0. The molecule has 0 heterocycles. The molecular formula is C58H46O9S3. The molecule has 0 fully saturated rings. The van der Waals surface area contributed by atoms with Gasteiger partial charge < -0.3 is 0 Å². The van der Waals surface area contributed by atoms with E-state index in [0.717, 1.165) is 116 Å². The number of aryl methyl sites for hydroxylation is 1. The second-order valence-electron chi connectivity index (χ2n) is 16.4. The quantitative estimate of drug-likeness (QED) is 0.0978. The molecule has 0 spiro atoms. The minimum absolute atomic E-state index is 0.0208. The summed E-state index contributed by atoms with van der Waals surface area (Å²) in [6, 6.07) is 64.9. The van der Waals surface area contributed by atoms with Crippen molar-refractivity contribution in [2.45, 2.75) is 21.6 Å². The van der Waals surface area contributed by atoms with Gasteiger partial charge in [0.1, 0.15) is 0 Å². The molecule has 9 nitrogen and oxygen atoms in total. The number of hydrogen-bond acceptors (Lipinski definition) is 9. The Morgan fingerprint density at radius 1 is 0.257 bits per heavy atom. The molecule has 0 amide bonds. The molecule has 9 aromatic carbocycles. The van der Waals surface area contributed by atoms with E-state index in [2.05, 4.69) is 79.7 Å². The Bertz CT molecular complexity index is 3690. The molecule has 0 saturated heterocycles. The van der Waals surface area contributed by atoms with Crippen molar-refractivity contribution in [3.8, 4) is 89.0 Å². The van der Waals surface area contributed by atoms with E-state index in [1.165, 1.54) is 24.3 Å². The predicted octanol–water partition coefficient (Wildman–Crippen LogP) is 13.3. The average Bonchev–Trinajstić information content (AvgIpc) is 3.41. The van der Waals surface area contributed by atoms with Gasteiger partial charge in [0, 0.05) is 0 Å². The van der Waals surface area contributed by atoms with Gasteiger partial charge in [-0.2, -0.15) is 25.3 Å². The molecule has 0 N–H and O–H groups in total. The zero-order chi connectivity index (χ0) is 49.2. The Hall–Kier alpha value is -7.29. The highest BCUT2D eigenvalue weighted by molar-refractivity contribution is 7.87. The van der Waals surface area contributed by atoms with Crippen LogP contribution in [0.5, 0.6) is 0 Å². The third kappa shape index (κ3) is 9.40. The van der Waals surface area contributed by atoms with E-state index in [1.54, 1.807) is 48.5 Å². The molecule has 0 bridgehead atoms. The van der Waals surface area contributed by atoms with Crippen LogP contribution in [-0.4, -0.2) is 46.6 Å². The van der Waals surface area contributed by atoms with Crippen LogP contribution >= 0.6 is 0 Å². The highest BCUT2D eigenvalue weighted by Gasteiger charge is 2.24. The summed E-state index contributed by atoms with van der Waals surface area (Å²) in [5.74, 6) is 0. The van der Waals surface area contributed by atoms with Crippen LogP contribution < -0.4 is 0 Å². The van der Waals surface area contributed by atoms with E-state index < -0.39 is 30.4 Å². The minimum Gasteiger partial charge on any atom is -0.270 e. The van der Waals surface area contributed by atoms with E-state index in [0.29, 0.717) is 0 Å². The van der Waals surface area contributed by atoms with Crippen LogP contribution in [-0.2, 0) is 42.9 Å². The number of rotatable bonds is 14. The van der Waals surface area contributed by atoms with Gasteiger partial charge in [-0.3, -0.25) is 12.5 Å². The average molecular weight is 983 g/mol. The van der Waals surface area contributed by atoms with Crippen molar-refractivity contribution in [1.29, 1.82) is 0 Å². The van der Waals surface area contributed by atoms with Crippen LogP contribution in [0.3, 0.4) is 0 Å². The Kier molecular flexibility index (Phi) is 13.4. The smallest absolute Gasteiger partial charge is 0.270 e. The van der Waals surface area contributed by atoms with E-state index in [1.807, 2.05) is 60.7 Å². The molecule has 70 heavy (non-hydrogen) atoms. The fourth-order valence-corrected chi connectivity index (χ4v) is 10.8. The minimum atomic E-state index is -3.96. The number of hydrogen-bond donors (Lipinski definition) is 0.